The molecule has 2 aliphatic rings. The van der Waals surface area contributed by atoms with Gasteiger partial charge in [0.1, 0.15) is 5.56 Å². The Kier molecular flexibility index (Phi) is 6.42. The minimum absolute atomic E-state index is 0.0275. The average Bonchev–Trinajstić information content (AvgIpc) is 2.79. The molecule has 1 aliphatic heterocycles. The zero-order valence-corrected chi connectivity index (χ0v) is 19.7. The normalized spacial score (nSPS) is 25.0. The minimum Gasteiger partial charge on any atom is -0.379 e. The van der Waals surface area contributed by atoms with Crippen LogP contribution in [0.1, 0.15) is 43.5 Å². The quantitative estimate of drug-likeness (QED) is 0.752. The maximum absolute atomic E-state index is 13.3. The number of pyridine rings is 1. The highest BCUT2D eigenvalue weighted by Gasteiger charge is 2.30. The van der Waals surface area contributed by atoms with Crippen molar-refractivity contribution in [2.24, 2.45) is 18.9 Å². The Hall–Kier alpha value is -2.23. The lowest BCUT2D eigenvalue weighted by atomic mass is 9.78. The summed E-state index contributed by atoms with van der Waals surface area (Å²) >= 11 is 0. The molecule has 0 spiro atoms. The van der Waals surface area contributed by atoms with Gasteiger partial charge in [-0.15, -0.1) is 0 Å². The van der Waals surface area contributed by atoms with Gasteiger partial charge in [0.2, 0.25) is 15.5 Å². The first-order valence-corrected chi connectivity index (χ1v) is 12.7. The molecule has 32 heavy (non-hydrogen) atoms. The number of nitrogens with one attached hydrogen (secondary N) is 1. The van der Waals surface area contributed by atoms with E-state index in [-0.39, 0.29) is 35.0 Å². The van der Waals surface area contributed by atoms with Crippen molar-refractivity contribution in [3.05, 3.63) is 40.2 Å². The van der Waals surface area contributed by atoms with Crippen molar-refractivity contribution in [3.63, 3.8) is 0 Å². The summed E-state index contributed by atoms with van der Waals surface area (Å²) in [5, 5.41) is 3.27. The maximum Gasteiger partial charge on any atom is 0.256 e. The number of sulfonamides is 1. The van der Waals surface area contributed by atoms with Gasteiger partial charge in [-0.25, -0.2) is 8.42 Å². The van der Waals surface area contributed by atoms with E-state index >= 15 is 0 Å². The van der Waals surface area contributed by atoms with Gasteiger partial charge in [0.05, 0.1) is 23.6 Å². The minimum atomic E-state index is -3.75. The van der Waals surface area contributed by atoms with E-state index in [0.29, 0.717) is 30.6 Å². The number of carbonyl (C=O) groups excluding carboxylic acids is 1. The Morgan fingerprint density at radius 1 is 1.16 bits per heavy atom. The number of morpholine rings is 1. The van der Waals surface area contributed by atoms with E-state index < -0.39 is 21.4 Å². The molecule has 1 aromatic carbocycles. The highest BCUT2D eigenvalue weighted by molar-refractivity contribution is 7.89. The lowest BCUT2D eigenvalue weighted by Crippen LogP contribution is -2.45. The molecule has 0 bridgehead atoms. The second-order valence-electron chi connectivity index (χ2n) is 9.03. The van der Waals surface area contributed by atoms with Crippen molar-refractivity contribution >= 4 is 26.8 Å². The molecular weight excluding hydrogens is 430 g/mol. The second kappa shape index (κ2) is 8.96. The first-order chi connectivity index (χ1) is 15.2. The molecule has 0 unspecified atom stereocenters. The van der Waals surface area contributed by atoms with E-state index in [9.17, 15) is 18.0 Å². The van der Waals surface area contributed by atoms with Gasteiger partial charge in [-0.1, -0.05) is 26.7 Å². The van der Waals surface area contributed by atoms with Crippen LogP contribution in [0.2, 0.25) is 0 Å². The van der Waals surface area contributed by atoms with Crippen LogP contribution in [0.25, 0.3) is 10.9 Å². The van der Waals surface area contributed by atoms with Gasteiger partial charge in [-0.05, 0) is 36.5 Å². The van der Waals surface area contributed by atoms with Gasteiger partial charge in [0.15, 0.2) is 0 Å². The number of aryl methyl sites for hydroxylation is 1. The Morgan fingerprint density at radius 2 is 1.88 bits per heavy atom. The van der Waals surface area contributed by atoms with Gasteiger partial charge >= 0.3 is 0 Å². The molecule has 9 heteroatoms. The predicted molar refractivity (Wildman–Crippen MR) is 122 cm³/mol. The van der Waals surface area contributed by atoms with Crippen molar-refractivity contribution in [2.45, 2.75) is 44.0 Å². The summed E-state index contributed by atoms with van der Waals surface area (Å²) in [5.41, 5.74) is 0.157. The Morgan fingerprint density at radius 3 is 2.59 bits per heavy atom. The van der Waals surface area contributed by atoms with Crippen LogP contribution in [0.15, 0.2) is 34.1 Å². The summed E-state index contributed by atoms with van der Waals surface area (Å²) in [4.78, 5) is 26.4. The van der Waals surface area contributed by atoms with Crippen LogP contribution in [-0.2, 0) is 21.8 Å². The van der Waals surface area contributed by atoms with Gasteiger partial charge in [-0.2, -0.15) is 4.31 Å². The summed E-state index contributed by atoms with van der Waals surface area (Å²) in [6.45, 7) is 5.57. The van der Waals surface area contributed by atoms with E-state index in [2.05, 4.69) is 19.2 Å². The molecule has 1 saturated heterocycles. The molecule has 2 heterocycles. The molecule has 1 saturated carbocycles. The number of amides is 1. The van der Waals surface area contributed by atoms with Crippen LogP contribution in [0.4, 0.5) is 0 Å². The molecular formula is C23H31N3O5S. The van der Waals surface area contributed by atoms with E-state index in [1.807, 2.05) is 0 Å². The average molecular weight is 462 g/mol. The number of hydrogen-bond donors (Lipinski definition) is 1. The molecule has 2 fully saturated rings. The van der Waals surface area contributed by atoms with Crippen LogP contribution >= 0.6 is 0 Å². The van der Waals surface area contributed by atoms with Gasteiger partial charge < -0.3 is 14.6 Å². The number of fused-ring (bicyclic) bond motifs is 1. The Labute approximate surface area is 188 Å². The number of carbonyl (C=O) groups is 1. The van der Waals surface area contributed by atoms with Crippen molar-refractivity contribution in [2.75, 3.05) is 26.3 Å². The van der Waals surface area contributed by atoms with Crippen molar-refractivity contribution in [3.8, 4) is 0 Å². The van der Waals surface area contributed by atoms with E-state index in [4.69, 9.17) is 4.74 Å². The summed E-state index contributed by atoms with van der Waals surface area (Å²) in [6.07, 6.45) is 4.63. The fraction of sp³-hybridized carbons (Fsp3) is 0.565. The van der Waals surface area contributed by atoms with Crippen LogP contribution in [0, 0.1) is 11.8 Å². The summed E-state index contributed by atoms with van der Waals surface area (Å²) in [7, 11) is -2.00. The number of hydrogen-bond acceptors (Lipinski definition) is 5. The second-order valence-corrected chi connectivity index (χ2v) is 11.0. The molecule has 0 radical (unpaired) electrons. The highest BCUT2D eigenvalue weighted by Crippen LogP contribution is 2.29. The van der Waals surface area contributed by atoms with Crippen molar-refractivity contribution < 1.29 is 17.9 Å². The first-order valence-electron chi connectivity index (χ1n) is 11.2. The van der Waals surface area contributed by atoms with Crippen LogP contribution in [0.5, 0.6) is 0 Å². The maximum atomic E-state index is 13.3. The summed E-state index contributed by atoms with van der Waals surface area (Å²) in [6, 6.07) is 4.55. The molecule has 4 rings (SSSR count). The summed E-state index contributed by atoms with van der Waals surface area (Å²) in [5.74, 6) is 0.448. The molecule has 1 N–H and O–H groups in total. The highest BCUT2D eigenvalue weighted by atomic mass is 32.2. The zero-order valence-electron chi connectivity index (χ0n) is 18.8. The Balaban J connectivity index is 1.70. The van der Waals surface area contributed by atoms with Crippen LogP contribution < -0.4 is 10.7 Å². The van der Waals surface area contributed by atoms with E-state index in [1.165, 1.54) is 22.6 Å². The molecule has 1 aromatic heterocycles. The lowest BCUT2D eigenvalue weighted by Gasteiger charge is -2.34. The van der Waals surface area contributed by atoms with E-state index in [1.54, 1.807) is 17.7 Å². The zero-order chi connectivity index (χ0) is 23.0. The third-order valence-corrected chi connectivity index (χ3v) is 8.93. The van der Waals surface area contributed by atoms with Crippen LogP contribution in [-0.4, -0.2) is 55.5 Å². The molecule has 8 nitrogen and oxygen atoms in total. The standard InChI is InChI=1S/C23H31N3O5S/c1-15-5-4-6-20(16(15)2)24-23(28)19-14-25(3)21-8-7-17(13-18(21)22(19)27)32(29,30)26-9-11-31-12-10-26/h7-8,13-16,20H,4-6,9-12H2,1-3H3,(H,24,28)/t15-,16+,20+/m1/s1. The molecule has 1 aliphatic carbocycles. The van der Waals surface area contributed by atoms with Crippen LogP contribution in [0.3, 0.4) is 0 Å². The largest absolute Gasteiger partial charge is 0.379 e. The molecule has 174 valence electrons. The van der Waals surface area contributed by atoms with E-state index in [0.717, 1.165) is 19.3 Å². The number of benzene rings is 1. The van der Waals surface area contributed by atoms with Gasteiger partial charge in [-0.3, -0.25) is 9.59 Å². The lowest BCUT2D eigenvalue weighted by molar-refractivity contribution is 0.0730. The van der Waals surface area contributed by atoms with Crippen molar-refractivity contribution in [1.82, 2.24) is 14.2 Å². The monoisotopic (exact) mass is 461 g/mol. The fourth-order valence-corrected chi connectivity index (χ4v) is 6.20. The third-order valence-electron chi connectivity index (χ3n) is 7.04. The number of aromatic nitrogens is 1. The third kappa shape index (κ3) is 4.21. The molecule has 3 atom stereocenters. The topological polar surface area (TPSA) is 97.7 Å². The number of nitrogens with zero attached hydrogens (tertiary/aromatic N) is 2. The first kappa shape index (κ1) is 22.9. The van der Waals surface area contributed by atoms with Gasteiger partial charge in [0.25, 0.3) is 5.91 Å². The fourth-order valence-electron chi connectivity index (χ4n) is 4.76. The number of ether oxygens (including phenoxy) is 1. The summed E-state index contributed by atoms with van der Waals surface area (Å²) < 4.78 is 34.4. The SMILES string of the molecule is C[C@H]1[C@H](C)CCC[C@@H]1NC(=O)c1cn(C)c2ccc(S(=O)(=O)N3CCOCC3)cc2c1=O. The van der Waals surface area contributed by atoms with Crippen molar-refractivity contribution in [1.29, 1.82) is 0 Å². The molecule has 2 aromatic rings. The predicted octanol–water partition coefficient (Wildman–Crippen LogP) is 2.11. The Bertz CT molecular complexity index is 1180. The smallest absolute Gasteiger partial charge is 0.256 e. The number of rotatable bonds is 4. The van der Waals surface area contributed by atoms with Gasteiger partial charge in [0, 0.05) is 37.8 Å². The molecule has 1 amide bonds.